The number of carbonyl (C=O) groups excluding carboxylic acids is 1. The zero-order valence-corrected chi connectivity index (χ0v) is 12.0. The minimum atomic E-state index is -0.379. The fourth-order valence-electron chi connectivity index (χ4n) is 2.19. The van der Waals surface area contributed by atoms with Gasteiger partial charge in [-0.3, -0.25) is 0 Å². The van der Waals surface area contributed by atoms with Crippen LogP contribution in [-0.4, -0.2) is 28.0 Å². The average molecular weight is 302 g/mol. The summed E-state index contributed by atoms with van der Waals surface area (Å²) in [6.07, 6.45) is 2.28. The SMILES string of the molecule is COC(=O)c1cc2cc(Cc3ccnc(Cl)n3)ccc2[nH]1. The van der Waals surface area contributed by atoms with Gasteiger partial charge < -0.3 is 9.72 Å². The van der Waals surface area contributed by atoms with Crippen LogP contribution in [0.2, 0.25) is 5.28 Å². The summed E-state index contributed by atoms with van der Waals surface area (Å²) in [6, 6.07) is 9.52. The number of ether oxygens (including phenoxy) is 1. The van der Waals surface area contributed by atoms with Crippen molar-refractivity contribution in [2.75, 3.05) is 7.11 Å². The summed E-state index contributed by atoms with van der Waals surface area (Å²) in [6.45, 7) is 0. The van der Waals surface area contributed by atoms with E-state index in [0.29, 0.717) is 12.1 Å². The number of benzene rings is 1. The van der Waals surface area contributed by atoms with Crippen molar-refractivity contribution < 1.29 is 9.53 Å². The normalized spacial score (nSPS) is 10.8. The fourth-order valence-corrected chi connectivity index (χ4v) is 2.35. The maximum Gasteiger partial charge on any atom is 0.354 e. The molecule has 2 aromatic heterocycles. The van der Waals surface area contributed by atoms with E-state index < -0.39 is 0 Å². The molecule has 0 spiro atoms. The predicted octanol–water partition coefficient (Wildman–Crippen LogP) is 2.99. The number of halogens is 1. The number of aromatic nitrogens is 3. The Bertz CT molecular complexity index is 814. The molecule has 21 heavy (non-hydrogen) atoms. The summed E-state index contributed by atoms with van der Waals surface area (Å²) in [5, 5.41) is 1.19. The maximum atomic E-state index is 11.5. The standard InChI is InChI=1S/C15H12ClN3O2/c1-21-14(20)13-8-10-6-9(2-3-12(10)19-13)7-11-4-5-17-15(16)18-11/h2-6,8,19H,7H2,1H3. The first-order valence-electron chi connectivity index (χ1n) is 6.33. The highest BCUT2D eigenvalue weighted by Gasteiger charge is 2.10. The van der Waals surface area contributed by atoms with Crippen molar-refractivity contribution in [2.24, 2.45) is 0 Å². The second-order valence-corrected chi connectivity index (χ2v) is 4.93. The van der Waals surface area contributed by atoms with Gasteiger partial charge in [-0.05, 0) is 41.4 Å². The Hall–Kier alpha value is -2.40. The van der Waals surface area contributed by atoms with E-state index in [-0.39, 0.29) is 11.3 Å². The Labute approximate surface area is 125 Å². The number of hydrogen-bond acceptors (Lipinski definition) is 4. The lowest BCUT2D eigenvalue weighted by Gasteiger charge is -2.01. The number of nitrogens with one attached hydrogen (secondary N) is 1. The monoisotopic (exact) mass is 301 g/mol. The van der Waals surface area contributed by atoms with Gasteiger partial charge in [-0.2, -0.15) is 0 Å². The van der Waals surface area contributed by atoms with Crippen LogP contribution in [0.4, 0.5) is 0 Å². The molecule has 0 saturated carbocycles. The van der Waals surface area contributed by atoms with Crippen LogP contribution in [0.25, 0.3) is 10.9 Å². The fraction of sp³-hybridized carbons (Fsp3) is 0.133. The van der Waals surface area contributed by atoms with Gasteiger partial charge in [0, 0.05) is 29.2 Å². The highest BCUT2D eigenvalue weighted by atomic mass is 35.5. The van der Waals surface area contributed by atoms with Gasteiger partial charge in [0.25, 0.3) is 0 Å². The van der Waals surface area contributed by atoms with Crippen molar-refractivity contribution in [2.45, 2.75) is 6.42 Å². The molecular weight excluding hydrogens is 290 g/mol. The van der Waals surface area contributed by atoms with Crippen LogP contribution >= 0.6 is 11.6 Å². The third-order valence-electron chi connectivity index (χ3n) is 3.16. The molecule has 3 rings (SSSR count). The third kappa shape index (κ3) is 2.87. The highest BCUT2D eigenvalue weighted by Crippen LogP contribution is 2.19. The number of esters is 1. The lowest BCUT2D eigenvalue weighted by molar-refractivity contribution is 0.0595. The number of hydrogen-bond donors (Lipinski definition) is 1. The molecule has 0 amide bonds. The van der Waals surface area contributed by atoms with Crippen molar-refractivity contribution in [3.63, 3.8) is 0 Å². The van der Waals surface area contributed by atoms with E-state index in [0.717, 1.165) is 22.2 Å². The molecule has 3 aromatic rings. The van der Waals surface area contributed by atoms with Gasteiger partial charge in [-0.25, -0.2) is 14.8 Å². The van der Waals surface area contributed by atoms with Crippen molar-refractivity contribution in [1.29, 1.82) is 0 Å². The minimum Gasteiger partial charge on any atom is -0.464 e. The molecule has 0 bridgehead atoms. The summed E-state index contributed by atoms with van der Waals surface area (Å²) in [5.74, 6) is -0.379. The Kier molecular flexibility index (Phi) is 3.58. The zero-order chi connectivity index (χ0) is 14.8. The summed E-state index contributed by atoms with van der Waals surface area (Å²) >= 11 is 5.78. The summed E-state index contributed by atoms with van der Waals surface area (Å²) in [7, 11) is 1.36. The van der Waals surface area contributed by atoms with E-state index in [4.69, 9.17) is 16.3 Å². The topological polar surface area (TPSA) is 67.9 Å². The summed E-state index contributed by atoms with van der Waals surface area (Å²) in [5.41, 5.74) is 3.25. The molecule has 0 unspecified atom stereocenters. The van der Waals surface area contributed by atoms with E-state index in [1.165, 1.54) is 7.11 Å². The largest absolute Gasteiger partial charge is 0.464 e. The van der Waals surface area contributed by atoms with Gasteiger partial charge in [0.15, 0.2) is 0 Å². The van der Waals surface area contributed by atoms with E-state index >= 15 is 0 Å². The quantitative estimate of drug-likeness (QED) is 0.596. The van der Waals surface area contributed by atoms with E-state index in [9.17, 15) is 4.79 Å². The molecule has 6 heteroatoms. The lowest BCUT2D eigenvalue weighted by atomic mass is 10.1. The van der Waals surface area contributed by atoms with Crippen LogP contribution in [0.15, 0.2) is 36.5 Å². The van der Waals surface area contributed by atoms with Crippen molar-refractivity contribution >= 4 is 28.5 Å². The van der Waals surface area contributed by atoms with Crippen LogP contribution < -0.4 is 0 Å². The van der Waals surface area contributed by atoms with Crippen LogP contribution in [0, 0.1) is 0 Å². The van der Waals surface area contributed by atoms with Crippen molar-refractivity contribution in [3.05, 3.63) is 58.8 Å². The summed E-state index contributed by atoms with van der Waals surface area (Å²) < 4.78 is 4.70. The van der Waals surface area contributed by atoms with Gasteiger partial charge in [-0.15, -0.1) is 0 Å². The first-order chi connectivity index (χ1) is 10.2. The molecule has 0 radical (unpaired) electrons. The number of methoxy groups -OCH3 is 1. The molecule has 1 N–H and O–H groups in total. The highest BCUT2D eigenvalue weighted by molar-refractivity contribution is 6.28. The molecule has 0 aliphatic rings. The zero-order valence-electron chi connectivity index (χ0n) is 11.3. The molecule has 2 heterocycles. The molecule has 106 valence electrons. The van der Waals surface area contributed by atoms with Crippen LogP contribution in [0.1, 0.15) is 21.7 Å². The third-order valence-corrected chi connectivity index (χ3v) is 3.34. The van der Waals surface area contributed by atoms with Gasteiger partial charge in [0.2, 0.25) is 5.28 Å². The summed E-state index contributed by atoms with van der Waals surface area (Å²) in [4.78, 5) is 22.6. The van der Waals surface area contributed by atoms with E-state index in [2.05, 4.69) is 15.0 Å². The first-order valence-corrected chi connectivity index (χ1v) is 6.71. The molecule has 0 aliphatic carbocycles. The van der Waals surface area contributed by atoms with Crippen LogP contribution in [-0.2, 0) is 11.2 Å². The Balaban J connectivity index is 1.92. The smallest absolute Gasteiger partial charge is 0.354 e. The molecule has 0 atom stereocenters. The number of rotatable bonds is 3. The lowest BCUT2D eigenvalue weighted by Crippen LogP contribution is -2.00. The maximum absolute atomic E-state index is 11.5. The van der Waals surface area contributed by atoms with E-state index in [1.54, 1.807) is 12.3 Å². The molecule has 5 nitrogen and oxygen atoms in total. The van der Waals surface area contributed by atoms with E-state index in [1.807, 2.05) is 24.3 Å². The van der Waals surface area contributed by atoms with Crippen LogP contribution in [0.5, 0.6) is 0 Å². The van der Waals surface area contributed by atoms with Gasteiger partial charge in [-0.1, -0.05) is 6.07 Å². The second-order valence-electron chi connectivity index (χ2n) is 4.59. The van der Waals surface area contributed by atoms with Crippen molar-refractivity contribution in [1.82, 2.24) is 15.0 Å². The van der Waals surface area contributed by atoms with Gasteiger partial charge in [0.1, 0.15) is 5.69 Å². The van der Waals surface area contributed by atoms with Crippen LogP contribution in [0.3, 0.4) is 0 Å². The molecular formula is C15H12ClN3O2. The minimum absolute atomic E-state index is 0.239. The number of carbonyl (C=O) groups is 1. The average Bonchev–Trinajstić information content (AvgIpc) is 2.89. The molecule has 0 aliphatic heterocycles. The first kappa shape index (κ1) is 13.6. The number of fused-ring (bicyclic) bond motifs is 1. The molecule has 0 fully saturated rings. The number of aromatic amines is 1. The van der Waals surface area contributed by atoms with Gasteiger partial charge >= 0.3 is 5.97 Å². The predicted molar refractivity (Wildman–Crippen MR) is 79.5 cm³/mol. The van der Waals surface area contributed by atoms with Gasteiger partial charge in [0.05, 0.1) is 7.11 Å². The van der Waals surface area contributed by atoms with Crippen molar-refractivity contribution in [3.8, 4) is 0 Å². The second kappa shape index (κ2) is 5.54. The number of H-pyrrole nitrogens is 1. The molecule has 1 aromatic carbocycles. The Morgan fingerprint density at radius 2 is 2.19 bits per heavy atom. The Morgan fingerprint density at radius 1 is 1.33 bits per heavy atom. The molecule has 0 saturated heterocycles. The number of nitrogens with zero attached hydrogens (tertiary/aromatic N) is 2. The Morgan fingerprint density at radius 3 is 2.95 bits per heavy atom.